The number of ether oxygens (including phenoxy) is 1. The number of aromatic nitrogens is 3. The highest BCUT2D eigenvalue weighted by atomic mass is 19.1. The Labute approximate surface area is 239 Å². The second kappa shape index (κ2) is 9.64. The number of rotatable bonds is 5. The van der Waals surface area contributed by atoms with Crippen molar-refractivity contribution in [1.82, 2.24) is 25.2 Å². The summed E-state index contributed by atoms with van der Waals surface area (Å²) < 4.78 is 21.2. The summed E-state index contributed by atoms with van der Waals surface area (Å²) in [4.78, 5) is 19.8. The molecule has 1 N–H and O–H groups in total. The Morgan fingerprint density at radius 1 is 1.07 bits per heavy atom. The fourth-order valence-corrected chi connectivity index (χ4v) is 7.78. The van der Waals surface area contributed by atoms with Crippen molar-refractivity contribution in [2.45, 2.75) is 56.1 Å². The fraction of sp³-hybridized carbons (Fsp3) is 0.424. The highest BCUT2D eigenvalue weighted by molar-refractivity contribution is 6.02. The molecule has 4 fully saturated rings. The minimum atomic E-state index is -0.401. The summed E-state index contributed by atoms with van der Waals surface area (Å²) in [6, 6.07) is 12.4. The second-order valence-corrected chi connectivity index (χ2v) is 12.1. The minimum absolute atomic E-state index is 0.103. The molecule has 0 radical (unpaired) electrons. The molecule has 4 aliphatic rings. The van der Waals surface area contributed by atoms with Crippen molar-refractivity contribution in [3.8, 4) is 29.5 Å². The first kappa shape index (κ1) is 25.0. The molecule has 4 aliphatic heterocycles. The van der Waals surface area contributed by atoms with E-state index in [2.05, 4.69) is 21.0 Å². The summed E-state index contributed by atoms with van der Waals surface area (Å²) >= 11 is 0. The lowest BCUT2D eigenvalue weighted by molar-refractivity contribution is 0.108. The minimum Gasteiger partial charge on any atom is -0.461 e. The van der Waals surface area contributed by atoms with Crippen molar-refractivity contribution in [2.24, 2.45) is 0 Å². The lowest BCUT2D eigenvalue weighted by Gasteiger charge is -2.34. The quantitative estimate of drug-likeness (QED) is 0.356. The predicted molar refractivity (Wildman–Crippen MR) is 159 cm³/mol. The highest BCUT2D eigenvalue weighted by Gasteiger charge is 2.45. The van der Waals surface area contributed by atoms with Crippen molar-refractivity contribution in [2.75, 3.05) is 37.7 Å². The summed E-state index contributed by atoms with van der Waals surface area (Å²) in [6.45, 7) is 4.67. The third kappa shape index (κ3) is 4.13. The SMILES string of the molecule is C#Cc1c(F)ccc2cccc(-c3cnc4c(N5CC6CCC(C5)N6)nc(OCC56CCCN5CCC6)nc4c3)c12. The first-order chi connectivity index (χ1) is 20.1. The number of halogens is 1. The highest BCUT2D eigenvalue weighted by Crippen LogP contribution is 2.40. The van der Waals surface area contributed by atoms with Crippen LogP contribution in [0.15, 0.2) is 42.6 Å². The van der Waals surface area contributed by atoms with Gasteiger partial charge >= 0.3 is 6.01 Å². The number of hydrogen-bond donors (Lipinski definition) is 1. The van der Waals surface area contributed by atoms with Gasteiger partial charge in [0, 0.05) is 42.3 Å². The van der Waals surface area contributed by atoms with Crippen molar-refractivity contribution < 1.29 is 9.13 Å². The Kier molecular flexibility index (Phi) is 5.87. The third-order valence-electron chi connectivity index (χ3n) is 9.74. The lowest BCUT2D eigenvalue weighted by Crippen LogP contribution is -2.51. The largest absolute Gasteiger partial charge is 0.461 e. The number of anilines is 1. The molecular formula is C33H33FN6O. The van der Waals surface area contributed by atoms with E-state index in [4.69, 9.17) is 26.1 Å². The van der Waals surface area contributed by atoms with Crippen LogP contribution in [0.2, 0.25) is 0 Å². The number of hydrogen-bond acceptors (Lipinski definition) is 7. The standard InChI is InChI=1S/C33H33FN6O/c1-2-25-27(34)11-8-21-6-3-7-26(29(21)25)22-16-28-30(35-17-22)31(39-18-23-9-10-24(19-39)36-23)38-32(37-28)41-20-33-12-4-14-40(33)15-5-13-33/h1,3,6-8,11,16-17,23-24,36H,4-5,9-10,12-15,18-20H2. The molecule has 208 valence electrons. The van der Waals surface area contributed by atoms with Gasteiger partial charge in [-0.2, -0.15) is 9.97 Å². The Morgan fingerprint density at radius 3 is 2.66 bits per heavy atom. The molecule has 6 heterocycles. The lowest BCUT2D eigenvalue weighted by atomic mass is 9.95. The number of terminal acetylenes is 1. The Hall–Kier alpha value is -3.80. The van der Waals surface area contributed by atoms with Gasteiger partial charge in [-0.15, -0.1) is 6.42 Å². The van der Waals surface area contributed by atoms with E-state index in [-0.39, 0.29) is 11.1 Å². The van der Waals surface area contributed by atoms with E-state index in [0.29, 0.717) is 30.1 Å². The van der Waals surface area contributed by atoms with Gasteiger partial charge in [-0.05, 0) is 74.7 Å². The zero-order valence-electron chi connectivity index (χ0n) is 23.1. The van der Waals surface area contributed by atoms with Crippen LogP contribution in [0.4, 0.5) is 10.2 Å². The molecule has 2 bridgehead atoms. The fourth-order valence-electron chi connectivity index (χ4n) is 7.78. The molecule has 8 rings (SSSR count). The number of pyridine rings is 1. The van der Waals surface area contributed by atoms with E-state index < -0.39 is 5.82 Å². The summed E-state index contributed by atoms with van der Waals surface area (Å²) in [5.41, 5.74) is 3.50. The van der Waals surface area contributed by atoms with Crippen LogP contribution in [0.1, 0.15) is 44.1 Å². The molecule has 8 heteroatoms. The van der Waals surface area contributed by atoms with Gasteiger partial charge < -0.3 is 15.0 Å². The van der Waals surface area contributed by atoms with E-state index in [1.54, 1.807) is 6.07 Å². The summed E-state index contributed by atoms with van der Waals surface area (Å²) in [5.74, 6) is 2.99. The first-order valence-electron chi connectivity index (χ1n) is 14.9. The van der Waals surface area contributed by atoms with Gasteiger partial charge in [-0.25, -0.2) is 4.39 Å². The zero-order valence-corrected chi connectivity index (χ0v) is 23.1. The molecule has 2 aromatic carbocycles. The maximum Gasteiger partial charge on any atom is 0.319 e. The number of fused-ring (bicyclic) bond motifs is 5. The summed E-state index contributed by atoms with van der Waals surface area (Å²) in [5, 5.41) is 5.31. The first-order valence-corrected chi connectivity index (χ1v) is 14.9. The molecule has 2 unspecified atom stereocenters. The number of nitrogens with zero attached hydrogens (tertiary/aromatic N) is 5. The second-order valence-electron chi connectivity index (χ2n) is 12.1. The van der Waals surface area contributed by atoms with Crippen LogP contribution < -0.4 is 15.0 Å². The molecule has 41 heavy (non-hydrogen) atoms. The van der Waals surface area contributed by atoms with Gasteiger partial charge in [-0.3, -0.25) is 9.88 Å². The predicted octanol–water partition coefficient (Wildman–Crippen LogP) is 4.91. The van der Waals surface area contributed by atoms with Crippen LogP contribution in [0.25, 0.3) is 32.9 Å². The van der Waals surface area contributed by atoms with Crippen molar-refractivity contribution in [3.63, 3.8) is 0 Å². The number of nitrogens with one attached hydrogen (secondary N) is 1. The van der Waals surface area contributed by atoms with E-state index in [1.807, 2.05) is 30.5 Å². The smallest absolute Gasteiger partial charge is 0.319 e. The molecule has 4 aromatic rings. The number of benzene rings is 2. The summed E-state index contributed by atoms with van der Waals surface area (Å²) in [7, 11) is 0. The van der Waals surface area contributed by atoms with Crippen LogP contribution in [-0.4, -0.2) is 70.3 Å². The molecule has 0 spiro atoms. The van der Waals surface area contributed by atoms with E-state index in [9.17, 15) is 4.39 Å². The van der Waals surface area contributed by atoms with Crippen molar-refractivity contribution in [1.29, 1.82) is 0 Å². The average Bonchev–Trinajstić information content (AvgIpc) is 3.68. The molecule has 7 nitrogen and oxygen atoms in total. The normalized spacial score (nSPS) is 23.3. The molecular weight excluding hydrogens is 515 g/mol. The van der Waals surface area contributed by atoms with Gasteiger partial charge in [0.1, 0.15) is 17.9 Å². The van der Waals surface area contributed by atoms with E-state index in [1.165, 1.54) is 31.7 Å². The molecule has 4 saturated heterocycles. The van der Waals surface area contributed by atoms with Gasteiger partial charge in [0.2, 0.25) is 0 Å². The van der Waals surface area contributed by atoms with Gasteiger partial charge in [0.25, 0.3) is 0 Å². The van der Waals surface area contributed by atoms with Crippen molar-refractivity contribution in [3.05, 3.63) is 54.0 Å². The van der Waals surface area contributed by atoms with Gasteiger partial charge in [0.05, 0.1) is 16.6 Å². The number of piperazine rings is 1. The molecule has 2 aromatic heterocycles. The maximum absolute atomic E-state index is 14.7. The van der Waals surface area contributed by atoms with Gasteiger partial charge in [-0.1, -0.05) is 30.2 Å². The van der Waals surface area contributed by atoms with E-state index >= 15 is 0 Å². The van der Waals surface area contributed by atoms with Crippen LogP contribution >= 0.6 is 0 Å². The van der Waals surface area contributed by atoms with Gasteiger partial charge in [0.15, 0.2) is 5.82 Å². The third-order valence-corrected chi connectivity index (χ3v) is 9.74. The van der Waals surface area contributed by atoms with Crippen LogP contribution in [0.5, 0.6) is 6.01 Å². The molecule has 0 amide bonds. The van der Waals surface area contributed by atoms with Crippen LogP contribution in [0, 0.1) is 18.2 Å². The maximum atomic E-state index is 14.7. The molecule has 0 aliphatic carbocycles. The van der Waals surface area contributed by atoms with Crippen LogP contribution in [-0.2, 0) is 0 Å². The van der Waals surface area contributed by atoms with Crippen LogP contribution in [0.3, 0.4) is 0 Å². The zero-order chi connectivity index (χ0) is 27.6. The Bertz CT molecular complexity index is 1690. The summed E-state index contributed by atoms with van der Waals surface area (Å²) in [6.07, 6.45) is 14.7. The average molecular weight is 549 g/mol. The monoisotopic (exact) mass is 548 g/mol. The Morgan fingerprint density at radius 2 is 1.88 bits per heavy atom. The van der Waals surface area contributed by atoms with E-state index in [0.717, 1.165) is 72.4 Å². The topological polar surface area (TPSA) is 66.4 Å². The molecule has 0 saturated carbocycles. The Balaban J connectivity index is 1.24. The van der Waals surface area contributed by atoms with Crippen molar-refractivity contribution >= 4 is 27.6 Å². The molecule has 2 atom stereocenters.